The molecule has 0 unspecified atom stereocenters. The summed E-state index contributed by atoms with van der Waals surface area (Å²) < 4.78 is 0. The summed E-state index contributed by atoms with van der Waals surface area (Å²) in [5.74, 6) is -0.0221. The predicted molar refractivity (Wildman–Crippen MR) is 59.4 cm³/mol. The van der Waals surface area contributed by atoms with Gasteiger partial charge in [0.15, 0.2) is 5.78 Å². The van der Waals surface area contributed by atoms with Crippen LogP contribution in [0.5, 0.6) is 0 Å². The minimum atomic E-state index is -0.0324. The number of carbonyl (C=O) groups is 2. The monoisotopic (exact) mass is 219 g/mol. The molecular weight excluding hydrogens is 206 g/mol. The summed E-state index contributed by atoms with van der Waals surface area (Å²) in [4.78, 5) is 22.8. The summed E-state index contributed by atoms with van der Waals surface area (Å²) in [6.07, 6.45) is 1.17. The molecule has 1 aromatic carbocycles. The topological polar surface area (TPSA) is 66.4 Å². The first-order chi connectivity index (χ1) is 7.70. The van der Waals surface area contributed by atoms with Crippen LogP contribution in [0.4, 0.5) is 5.69 Å². The third kappa shape index (κ3) is 2.12. The number of hydrogen-bond acceptors (Lipinski definition) is 3. The van der Waals surface area contributed by atoms with E-state index in [1.807, 2.05) is 0 Å². The number of Topliss-reactive ketones (excluding diaryl/α,β-unsaturated/α-hetero) is 1. The maximum absolute atomic E-state index is 11.7. The van der Waals surface area contributed by atoms with Crippen LogP contribution < -0.4 is 5.32 Å². The van der Waals surface area contributed by atoms with E-state index in [0.717, 1.165) is 11.3 Å². The largest absolute Gasteiger partial charge is 0.396 e. The van der Waals surface area contributed by atoms with Gasteiger partial charge in [-0.25, -0.2) is 0 Å². The molecule has 4 heteroatoms. The second-order valence-corrected chi connectivity index (χ2v) is 3.85. The lowest BCUT2D eigenvalue weighted by Gasteiger charge is -2.02. The third-order valence-electron chi connectivity index (χ3n) is 2.61. The zero-order valence-electron chi connectivity index (χ0n) is 8.82. The second-order valence-electron chi connectivity index (χ2n) is 3.85. The van der Waals surface area contributed by atoms with E-state index >= 15 is 0 Å². The van der Waals surface area contributed by atoms with Crippen molar-refractivity contribution < 1.29 is 14.7 Å². The fourth-order valence-electron chi connectivity index (χ4n) is 1.79. The zero-order chi connectivity index (χ0) is 11.5. The Kier molecular flexibility index (Phi) is 3.01. The van der Waals surface area contributed by atoms with Gasteiger partial charge >= 0.3 is 0 Å². The molecule has 0 fully saturated rings. The predicted octanol–water partition coefficient (Wildman–Crippen LogP) is 1.14. The maximum Gasteiger partial charge on any atom is 0.228 e. The molecule has 0 saturated heterocycles. The van der Waals surface area contributed by atoms with Crippen molar-refractivity contribution in [2.24, 2.45) is 0 Å². The molecule has 0 aliphatic carbocycles. The van der Waals surface area contributed by atoms with Gasteiger partial charge in [0, 0.05) is 24.3 Å². The van der Waals surface area contributed by atoms with Crippen molar-refractivity contribution in [2.75, 3.05) is 11.9 Å². The lowest BCUT2D eigenvalue weighted by molar-refractivity contribution is -0.115. The summed E-state index contributed by atoms with van der Waals surface area (Å²) in [5.41, 5.74) is 2.28. The van der Waals surface area contributed by atoms with Crippen molar-refractivity contribution >= 4 is 17.4 Å². The highest BCUT2D eigenvalue weighted by molar-refractivity contribution is 6.02. The Bertz CT molecular complexity index is 440. The Morgan fingerprint density at radius 1 is 1.44 bits per heavy atom. The van der Waals surface area contributed by atoms with Crippen LogP contribution in [0.1, 0.15) is 28.8 Å². The average molecular weight is 219 g/mol. The molecule has 1 aliphatic heterocycles. The van der Waals surface area contributed by atoms with Crippen molar-refractivity contribution in [2.45, 2.75) is 19.3 Å². The third-order valence-corrected chi connectivity index (χ3v) is 2.61. The molecule has 0 atom stereocenters. The highest BCUT2D eigenvalue weighted by atomic mass is 16.3. The first kappa shape index (κ1) is 10.8. The molecular formula is C12H13NO3. The van der Waals surface area contributed by atoms with Gasteiger partial charge in [-0.2, -0.15) is 0 Å². The molecule has 0 aromatic heterocycles. The molecule has 2 N–H and O–H groups in total. The van der Waals surface area contributed by atoms with E-state index in [0.29, 0.717) is 24.8 Å². The van der Waals surface area contributed by atoms with Gasteiger partial charge in [-0.1, -0.05) is 0 Å². The van der Waals surface area contributed by atoms with E-state index in [-0.39, 0.29) is 18.3 Å². The molecule has 1 aromatic rings. The van der Waals surface area contributed by atoms with Crippen molar-refractivity contribution in [3.8, 4) is 0 Å². The SMILES string of the molecule is O=C1Cc2cc(C(=O)CCCO)ccc2N1. The summed E-state index contributed by atoms with van der Waals surface area (Å²) >= 11 is 0. The van der Waals surface area contributed by atoms with Gasteiger partial charge in [0.2, 0.25) is 5.91 Å². The van der Waals surface area contributed by atoms with Gasteiger partial charge < -0.3 is 10.4 Å². The van der Waals surface area contributed by atoms with Crippen LogP contribution in [-0.2, 0) is 11.2 Å². The van der Waals surface area contributed by atoms with Crippen molar-refractivity contribution in [3.05, 3.63) is 29.3 Å². The first-order valence-corrected chi connectivity index (χ1v) is 5.27. The number of hydrogen-bond donors (Lipinski definition) is 2. The lowest BCUT2D eigenvalue weighted by atomic mass is 10.0. The summed E-state index contributed by atoms with van der Waals surface area (Å²) in [7, 11) is 0. The van der Waals surface area contributed by atoms with Crippen LogP contribution in [0.25, 0.3) is 0 Å². The standard InChI is InChI=1S/C12H13NO3/c14-5-1-2-11(15)8-3-4-10-9(6-8)7-12(16)13-10/h3-4,6,14H,1-2,5,7H2,(H,13,16). The molecule has 0 saturated carbocycles. The van der Waals surface area contributed by atoms with Gasteiger partial charge in [-0.05, 0) is 30.2 Å². The second kappa shape index (κ2) is 4.45. The first-order valence-electron chi connectivity index (χ1n) is 5.27. The molecule has 1 heterocycles. The molecule has 84 valence electrons. The Balaban J connectivity index is 2.16. The van der Waals surface area contributed by atoms with E-state index in [9.17, 15) is 9.59 Å². The Morgan fingerprint density at radius 2 is 2.25 bits per heavy atom. The quantitative estimate of drug-likeness (QED) is 0.746. The molecule has 1 amide bonds. The number of aliphatic hydroxyl groups excluding tert-OH is 1. The number of ketones is 1. The molecule has 4 nitrogen and oxygen atoms in total. The van der Waals surface area contributed by atoms with Gasteiger partial charge in [0.1, 0.15) is 0 Å². The van der Waals surface area contributed by atoms with Gasteiger partial charge in [-0.15, -0.1) is 0 Å². The number of aliphatic hydroxyl groups is 1. The van der Waals surface area contributed by atoms with E-state index < -0.39 is 0 Å². The Labute approximate surface area is 93.3 Å². The lowest BCUT2D eigenvalue weighted by Crippen LogP contribution is -2.03. The molecule has 0 radical (unpaired) electrons. The molecule has 1 aliphatic rings. The van der Waals surface area contributed by atoms with Crippen LogP contribution in [0.15, 0.2) is 18.2 Å². The van der Waals surface area contributed by atoms with E-state index in [1.165, 1.54) is 0 Å². The van der Waals surface area contributed by atoms with E-state index in [2.05, 4.69) is 5.32 Å². The highest BCUT2D eigenvalue weighted by Gasteiger charge is 2.18. The maximum atomic E-state index is 11.7. The highest BCUT2D eigenvalue weighted by Crippen LogP contribution is 2.24. The fourth-order valence-corrected chi connectivity index (χ4v) is 1.79. The van der Waals surface area contributed by atoms with Crippen LogP contribution in [0, 0.1) is 0 Å². The van der Waals surface area contributed by atoms with Gasteiger partial charge in [-0.3, -0.25) is 9.59 Å². The molecule has 2 rings (SSSR count). The number of carbonyl (C=O) groups excluding carboxylic acids is 2. The minimum absolute atomic E-state index is 0.0104. The van der Waals surface area contributed by atoms with Crippen molar-refractivity contribution in [1.29, 1.82) is 0 Å². The number of fused-ring (bicyclic) bond motifs is 1. The Morgan fingerprint density at radius 3 is 3.00 bits per heavy atom. The number of rotatable bonds is 4. The Hall–Kier alpha value is -1.68. The van der Waals surface area contributed by atoms with Crippen LogP contribution >= 0.6 is 0 Å². The summed E-state index contributed by atoms with van der Waals surface area (Å²) in [5, 5.41) is 11.4. The summed E-state index contributed by atoms with van der Waals surface area (Å²) in [6, 6.07) is 5.23. The van der Waals surface area contributed by atoms with Crippen molar-refractivity contribution in [1.82, 2.24) is 0 Å². The van der Waals surface area contributed by atoms with Gasteiger partial charge in [0.05, 0.1) is 6.42 Å². The molecule has 0 spiro atoms. The fraction of sp³-hybridized carbons (Fsp3) is 0.333. The zero-order valence-corrected chi connectivity index (χ0v) is 8.82. The number of amides is 1. The number of benzene rings is 1. The van der Waals surface area contributed by atoms with Gasteiger partial charge in [0.25, 0.3) is 0 Å². The van der Waals surface area contributed by atoms with E-state index in [1.54, 1.807) is 18.2 Å². The average Bonchev–Trinajstić information content (AvgIpc) is 2.64. The smallest absolute Gasteiger partial charge is 0.228 e. The number of nitrogens with one attached hydrogen (secondary N) is 1. The molecule has 0 bridgehead atoms. The molecule has 16 heavy (non-hydrogen) atoms. The normalized spacial score (nSPS) is 13.4. The van der Waals surface area contributed by atoms with Crippen molar-refractivity contribution in [3.63, 3.8) is 0 Å². The number of anilines is 1. The van der Waals surface area contributed by atoms with E-state index in [4.69, 9.17) is 5.11 Å². The summed E-state index contributed by atoms with van der Waals surface area (Å²) in [6.45, 7) is 0.0245. The van der Waals surface area contributed by atoms with Crippen LogP contribution in [0.2, 0.25) is 0 Å². The minimum Gasteiger partial charge on any atom is -0.396 e. The van der Waals surface area contributed by atoms with Crippen LogP contribution in [0.3, 0.4) is 0 Å². The van der Waals surface area contributed by atoms with Crippen LogP contribution in [-0.4, -0.2) is 23.4 Å².